The van der Waals surface area contributed by atoms with E-state index in [1.54, 1.807) is 24.3 Å². The first-order chi connectivity index (χ1) is 15.3. The number of alkyl halides is 3. The summed E-state index contributed by atoms with van der Waals surface area (Å²) in [5.41, 5.74) is 2.85. The lowest BCUT2D eigenvalue weighted by Crippen LogP contribution is -2.04. The summed E-state index contributed by atoms with van der Waals surface area (Å²) in [5.74, 6) is 5.78. The Labute approximate surface area is 184 Å². The van der Waals surface area contributed by atoms with Gasteiger partial charge in [0.25, 0.3) is 0 Å². The molecule has 4 aromatic rings. The Bertz CT molecular complexity index is 1300. The maximum absolute atomic E-state index is 15.1. The van der Waals surface area contributed by atoms with Crippen LogP contribution in [-0.4, -0.2) is 0 Å². The molecule has 0 atom stereocenters. The number of rotatable bonds is 3. The molecule has 4 rings (SSSR count). The quantitative estimate of drug-likeness (QED) is 0.227. The van der Waals surface area contributed by atoms with Crippen LogP contribution < -0.4 is 0 Å². The van der Waals surface area contributed by atoms with Crippen molar-refractivity contribution in [3.05, 3.63) is 107 Å². The van der Waals surface area contributed by atoms with Gasteiger partial charge in [-0.05, 0) is 59.3 Å². The number of fused-ring (bicyclic) bond motifs is 1. The van der Waals surface area contributed by atoms with Gasteiger partial charge in [0.15, 0.2) is 0 Å². The number of hydrogen-bond acceptors (Lipinski definition) is 0. The average molecular weight is 432 g/mol. The van der Waals surface area contributed by atoms with Crippen LogP contribution in [0.4, 0.5) is 17.6 Å². The second kappa shape index (κ2) is 8.88. The highest BCUT2D eigenvalue weighted by Crippen LogP contribution is 2.33. The smallest absolute Gasteiger partial charge is 0.206 e. The Morgan fingerprint density at radius 1 is 0.750 bits per heavy atom. The van der Waals surface area contributed by atoms with Crippen LogP contribution in [-0.2, 0) is 12.6 Å². The van der Waals surface area contributed by atoms with Gasteiger partial charge in [0.2, 0.25) is 0 Å². The maximum atomic E-state index is 15.1. The summed E-state index contributed by atoms with van der Waals surface area (Å²) in [7, 11) is 0. The van der Waals surface area contributed by atoms with Crippen molar-refractivity contribution < 1.29 is 17.6 Å². The largest absolute Gasteiger partial charge is 0.416 e. The van der Waals surface area contributed by atoms with E-state index in [4.69, 9.17) is 0 Å². The number of aryl methyl sites for hydroxylation is 1. The molecule has 0 unspecified atom stereocenters. The van der Waals surface area contributed by atoms with Crippen LogP contribution in [0.2, 0.25) is 0 Å². The number of benzene rings is 4. The van der Waals surface area contributed by atoms with Crippen LogP contribution in [0, 0.1) is 17.7 Å². The monoisotopic (exact) mass is 432 g/mol. The lowest BCUT2D eigenvalue weighted by molar-refractivity contribution is -0.137. The zero-order valence-corrected chi connectivity index (χ0v) is 17.4. The van der Waals surface area contributed by atoms with Crippen molar-refractivity contribution in [2.75, 3.05) is 0 Å². The topological polar surface area (TPSA) is 0 Å². The molecule has 0 nitrogen and oxygen atoms in total. The highest BCUT2D eigenvalue weighted by Gasteiger charge is 2.30. The molecule has 0 aromatic heterocycles. The first-order valence-corrected chi connectivity index (χ1v) is 10.4. The van der Waals surface area contributed by atoms with E-state index in [0.717, 1.165) is 36.1 Å². The molecule has 0 aliphatic rings. The zero-order chi connectivity index (χ0) is 22.7. The third-order valence-corrected chi connectivity index (χ3v) is 5.32. The first-order valence-electron chi connectivity index (χ1n) is 10.4. The molecule has 0 heterocycles. The van der Waals surface area contributed by atoms with Crippen LogP contribution in [0.5, 0.6) is 0 Å². The molecule has 160 valence electrons. The summed E-state index contributed by atoms with van der Waals surface area (Å²) in [4.78, 5) is 0. The molecule has 0 aliphatic carbocycles. The van der Waals surface area contributed by atoms with Gasteiger partial charge in [-0.2, -0.15) is 13.2 Å². The summed E-state index contributed by atoms with van der Waals surface area (Å²) >= 11 is 0. The van der Waals surface area contributed by atoms with Crippen molar-refractivity contribution in [3.63, 3.8) is 0 Å². The fourth-order valence-electron chi connectivity index (χ4n) is 3.62. The average Bonchev–Trinajstić information content (AvgIpc) is 2.78. The van der Waals surface area contributed by atoms with Crippen molar-refractivity contribution in [1.29, 1.82) is 0 Å². The fourth-order valence-corrected chi connectivity index (χ4v) is 3.62. The molecular formula is C28H20F4. The molecule has 0 spiro atoms. The Hall–Kier alpha value is -3.58. The van der Waals surface area contributed by atoms with E-state index in [-0.39, 0.29) is 5.56 Å². The van der Waals surface area contributed by atoms with Gasteiger partial charge in [0.1, 0.15) is 5.82 Å². The second-order valence-electron chi connectivity index (χ2n) is 7.64. The van der Waals surface area contributed by atoms with E-state index in [0.29, 0.717) is 16.3 Å². The first kappa shape index (κ1) is 21.6. The lowest BCUT2D eigenvalue weighted by Gasteiger charge is -2.10. The van der Waals surface area contributed by atoms with Crippen LogP contribution in [0.25, 0.3) is 21.9 Å². The Kier molecular flexibility index (Phi) is 6.01. The van der Waals surface area contributed by atoms with E-state index in [1.165, 1.54) is 17.7 Å². The maximum Gasteiger partial charge on any atom is 0.416 e. The standard InChI is InChI=1S/C28H20F4/c1-2-3-19-4-6-20(7-5-19)8-9-21-10-16-26-23(18-21)13-17-25(27(26)29)22-11-14-24(15-12-22)28(30,31)32/h4-7,10-18H,2-3H2,1H3. The zero-order valence-electron chi connectivity index (χ0n) is 17.4. The highest BCUT2D eigenvalue weighted by molar-refractivity contribution is 5.89. The minimum atomic E-state index is -4.42. The molecular weight excluding hydrogens is 412 g/mol. The number of hydrogen-bond donors (Lipinski definition) is 0. The van der Waals surface area contributed by atoms with Gasteiger partial charge in [0.05, 0.1) is 5.56 Å². The van der Waals surface area contributed by atoms with Gasteiger partial charge in [0, 0.05) is 22.1 Å². The molecule has 0 amide bonds. The van der Waals surface area contributed by atoms with E-state index in [2.05, 4.69) is 30.9 Å². The van der Waals surface area contributed by atoms with Gasteiger partial charge in [-0.3, -0.25) is 0 Å². The molecule has 0 radical (unpaired) electrons. The fraction of sp³-hybridized carbons (Fsp3) is 0.143. The molecule has 4 heteroatoms. The second-order valence-corrected chi connectivity index (χ2v) is 7.64. The summed E-state index contributed by atoms with van der Waals surface area (Å²) < 4.78 is 53.5. The minimum Gasteiger partial charge on any atom is -0.206 e. The van der Waals surface area contributed by atoms with Crippen molar-refractivity contribution >= 4 is 10.8 Å². The third-order valence-electron chi connectivity index (χ3n) is 5.32. The molecule has 32 heavy (non-hydrogen) atoms. The van der Waals surface area contributed by atoms with Crippen molar-refractivity contribution in [1.82, 2.24) is 0 Å². The van der Waals surface area contributed by atoms with Crippen molar-refractivity contribution in [2.45, 2.75) is 25.9 Å². The van der Waals surface area contributed by atoms with Crippen LogP contribution in [0.15, 0.2) is 78.9 Å². The van der Waals surface area contributed by atoms with Gasteiger partial charge in [-0.25, -0.2) is 4.39 Å². The van der Waals surface area contributed by atoms with Crippen LogP contribution in [0.3, 0.4) is 0 Å². The molecule has 0 saturated carbocycles. The highest BCUT2D eigenvalue weighted by atomic mass is 19.4. The summed E-state index contributed by atoms with van der Waals surface area (Å²) in [6.45, 7) is 2.14. The normalized spacial score (nSPS) is 11.3. The Morgan fingerprint density at radius 2 is 1.41 bits per heavy atom. The molecule has 0 aliphatic heterocycles. The molecule has 4 aromatic carbocycles. The predicted molar refractivity (Wildman–Crippen MR) is 121 cm³/mol. The summed E-state index contributed by atoms with van der Waals surface area (Å²) in [6, 6.07) is 21.2. The molecule has 0 saturated heterocycles. The summed E-state index contributed by atoms with van der Waals surface area (Å²) in [6.07, 6.45) is -2.28. The lowest BCUT2D eigenvalue weighted by atomic mass is 9.98. The summed E-state index contributed by atoms with van der Waals surface area (Å²) in [5, 5.41) is 1.08. The van der Waals surface area contributed by atoms with E-state index < -0.39 is 17.6 Å². The molecule has 0 bridgehead atoms. The van der Waals surface area contributed by atoms with Gasteiger partial charge >= 0.3 is 6.18 Å². The van der Waals surface area contributed by atoms with Crippen molar-refractivity contribution in [2.24, 2.45) is 0 Å². The number of halogens is 4. The van der Waals surface area contributed by atoms with Crippen LogP contribution in [0.1, 0.15) is 35.6 Å². The Morgan fingerprint density at radius 3 is 2.06 bits per heavy atom. The van der Waals surface area contributed by atoms with E-state index in [9.17, 15) is 13.2 Å². The molecule has 0 fully saturated rings. The van der Waals surface area contributed by atoms with Gasteiger partial charge in [-0.1, -0.05) is 67.6 Å². The van der Waals surface area contributed by atoms with E-state index >= 15 is 4.39 Å². The minimum absolute atomic E-state index is 0.261. The van der Waals surface area contributed by atoms with E-state index in [1.807, 2.05) is 18.2 Å². The predicted octanol–water partition coefficient (Wildman–Crippen LogP) is 8.02. The third kappa shape index (κ3) is 4.68. The van der Waals surface area contributed by atoms with Crippen LogP contribution >= 0.6 is 0 Å². The van der Waals surface area contributed by atoms with Gasteiger partial charge < -0.3 is 0 Å². The Balaban J connectivity index is 1.61. The SMILES string of the molecule is CCCc1ccc(C#Cc2ccc3c(F)c(-c4ccc(C(F)(F)F)cc4)ccc3c2)cc1. The van der Waals surface area contributed by atoms with Crippen molar-refractivity contribution in [3.8, 4) is 23.0 Å². The van der Waals surface area contributed by atoms with Gasteiger partial charge in [-0.15, -0.1) is 0 Å². The molecule has 0 N–H and O–H groups in total.